The molecule has 0 unspecified atom stereocenters. The molecule has 0 spiro atoms. The average Bonchev–Trinajstić information content (AvgIpc) is 3.32. The number of fused-ring (bicyclic) bond motifs is 1. The van der Waals surface area contributed by atoms with E-state index >= 15 is 0 Å². The van der Waals surface area contributed by atoms with E-state index in [4.69, 9.17) is 25.5 Å². The van der Waals surface area contributed by atoms with Crippen molar-refractivity contribution in [2.45, 2.75) is 6.61 Å². The normalized spacial score (nSPS) is 10.8. The fourth-order valence-corrected chi connectivity index (χ4v) is 3.62. The molecule has 0 atom stereocenters. The third-order valence-corrected chi connectivity index (χ3v) is 5.56. The number of carbonyl (C=O) groups is 1. The first-order valence-electron chi connectivity index (χ1n) is 10.8. The van der Waals surface area contributed by atoms with Crippen LogP contribution in [0.1, 0.15) is 15.9 Å². The summed E-state index contributed by atoms with van der Waals surface area (Å²) in [5.74, 6) is 1.20. The van der Waals surface area contributed by atoms with Gasteiger partial charge in [0.15, 0.2) is 17.1 Å². The molecule has 0 aliphatic heterocycles. The maximum atomic E-state index is 12.9. The molecule has 3 aromatic carbocycles. The molecule has 5 aromatic rings. The first-order chi connectivity index (χ1) is 17.1. The Hall–Kier alpha value is -4.36. The number of ether oxygens (including phenoxy) is 2. The monoisotopic (exact) mass is 485 g/mol. The Morgan fingerprint density at radius 2 is 1.77 bits per heavy atom. The number of hydrogen-bond acceptors (Lipinski definition) is 6. The molecule has 0 radical (unpaired) electrons. The molecule has 0 aliphatic rings. The van der Waals surface area contributed by atoms with E-state index in [1.165, 1.54) is 7.11 Å². The van der Waals surface area contributed by atoms with Crippen molar-refractivity contribution in [2.75, 3.05) is 12.4 Å². The molecule has 8 heteroatoms. The maximum Gasteiger partial charge on any atom is 0.255 e. The van der Waals surface area contributed by atoms with Gasteiger partial charge in [-0.25, -0.2) is 4.98 Å². The summed E-state index contributed by atoms with van der Waals surface area (Å²) in [6, 6.07) is 21.4. The minimum absolute atomic E-state index is 0.287. The van der Waals surface area contributed by atoms with Crippen LogP contribution in [0.4, 0.5) is 5.69 Å². The highest BCUT2D eigenvalue weighted by atomic mass is 35.5. The predicted octanol–water partition coefficient (Wildman–Crippen LogP) is 6.38. The Morgan fingerprint density at radius 3 is 2.54 bits per heavy atom. The Balaban J connectivity index is 1.30. The summed E-state index contributed by atoms with van der Waals surface area (Å²) in [7, 11) is 1.53. The van der Waals surface area contributed by atoms with Crippen molar-refractivity contribution in [1.29, 1.82) is 0 Å². The van der Waals surface area contributed by atoms with Crippen molar-refractivity contribution in [3.05, 3.63) is 101 Å². The second-order valence-corrected chi connectivity index (χ2v) is 8.11. The fourth-order valence-electron chi connectivity index (χ4n) is 3.50. The quantitative estimate of drug-likeness (QED) is 0.287. The number of carbonyl (C=O) groups excluding carboxylic acids is 1. The Morgan fingerprint density at radius 1 is 0.971 bits per heavy atom. The number of benzene rings is 3. The zero-order chi connectivity index (χ0) is 24.2. The zero-order valence-electron chi connectivity index (χ0n) is 18.7. The van der Waals surface area contributed by atoms with Crippen LogP contribution >= 0.6 is 11.6 Å². The second kappa shape index (κ2) is 9.87. The lowest BCUT2D eigenvalue weighted by Gasteiger charge is -2.12. The van der Waals surface area contributed by atoms with Crippen LogP contribution in [-0.4, -0.2) is 23.0 Å². The molecule has 0 saturated heterocycles. The van der Waals surface area contributed by atoms with Gasteiger partial charge in [-0.15, -0.1) is 0 Å². The van der Waals surface area contributed by atoms with Gasteiger partial charge in [-0.05, 0) is 66.2 Å². The Labute approximate surface area is 206 Å². The molecule has 2 aromatic heterocycles. The van der Waals surface area contributed by atoms with Crippen molar-refractivity contribution >= 4 is 34.3 Å². The molecule has 174 valence electrons. The highest BCUT2D eigenvalue weighted by Gasteiger charge is 2.14. The number of anilines is 1. The number of rotatable bonds is 7. The fraction of sp³-hybridized carbons (Fsp3) is 0.0741. The van der Waals surface area contributed by atoms with Crippen molar-refractivity contribution in [3.8, 4) is 23.0 Å². The molecule has 0 fully saturated rings. The lowest BCUT2D eigenvalue weighted by Crippen LogP contribution is -2.12. The summed E-state index contributed by atoms with van der Waals surface area (Å²) < 4.78 is 17.1. The number of oxazole rings is 1. The van der Waals surface area contributed by atoms with Crippen LogP contribution in [0.5, 0.6) is 11.5 Å². The summed E-state index contributed by atoms with van der Waals surface area (Å²) in [5, 5.41) is 3.56. The van der Waals surface area contributed by atoms with Crippen LogP contribution in [0.2, 0.25) is 5.02 Å². The van der Waals surface area contributed by atoms with Crippen LogP contribution < -0.4 is 14.8 Å². The lowest BCUT2D eigenvalue weighted by atomic mass is 10.1. The van der Waals surface area contributed by atoms with Gasteiger partial charge in [-0.1, -0.05) is 23.7 Å². The molecule has 0 aliphatic carbocycles. The topological polar surface area (TPSA) is 86.5 Å². The summed E-state index contributed by atoms with van der Waals surface area (Å²) >= 11 is 5.93. The SMILES string of the molecule is COc1cc(C(=O)Nc2ccc3oc(-c4ccncc4)nc3c2)ccc1OCc1ccc(Cl)cc1. The summed E-state index contributed by atoms with van der Waals surface area (Å²) in [5.41, 5.74) is 4.08. The van der Waals surface area contributed by atoms with E-state index in [-0.39, 0.29) is 5.91 Å². The van der Waals surface area contributed by atoms with Gasteiger partial charge in [0.25, 0.3) is 5.91 Å². The second-order valence-electron chi connectivity index (χ2n) is 7.67. The van der Waals surface area contributed by atoms with Gasteiger partial charge in [0.2, 0.25) is 5.89 Å². The number of aromatic nitrogens is 2. The minimum Gasteiger partial charge on any atom is -0.493 e. The van der Waals surface area contributed by atoms with Crippen molar-refractivity contribution in [1.82, 2.24) is 9.97 Å². The van der Waals surface area contributed by atoms with Gasteiger partial charge in [-0.2, -0.15) is 0 Å². The molecular formula is C27H20ClN3O4. The van der Waals surface area contributed by atoms with E-state index in [0.717, 1.165) is 11.1 Å². The van der Waals surface area contributed by atoms with Gasteiger partial charge in [0, 0.05) is 34.2 Å². The van der Waals surface area contributed by atoms with Gasteiger partial charge >= 0.3 is 0 Å². The third-order valence-electron chi connectivity index (χ3n) is 5.31. The number of pyridine rings is 1. The minimum atomic E-state index is -0.287. The maximum absolute atomic E-state index is 12.9. The van der Waals surface area contributed by atoms with Crippen molar-refractivity contribution in [2.24, 2.45) is 0 Å². The number of amides is 1. The van der Waals surface area contributed by atoms with Crippen molar-refractivity contribution in [3.63, 3.8) is 0 Å². The summed E-state index contributed by atoms with van der Waals surface area (Å²) in [4.78, 5) is 21.4. The molecule has 0 bridgehead atoms. The predicted molar refractivity (Wildman–Crippen MR) is 134 cm³/mol. The van der Waals surface area contributed by atoms with Gasteiger partial charge < -0.3 is 19.2 Å². The number of hydrogen-bond donors (Lipinski definition) is 1. The smallest absolute Gasteiger partial charge is 0.255 e. The number of halogens is 1. The van der Waals surface area contributed by atoms with Gasteiger partial charge in [0.1, 0.15) is 12.1 Å². The molecular weight excluding hydrogens is 466 g/mol. The molecule has 1 N–H and O–H groups in total. The van der Waals surface area contributed by atoms with Crippen LogP contribution in [0, 0.1) is 0 Å². The van der Waals surface area contributed by atoms with Gasteiger partial charge in [0.05, 0.1) is 7.11 Å². The number of nitrogens with zero attached hydrogens (tertiary/aromatic N) is 2. The summed E-state index contributed by atoms with van der Waals surface area (Å²) in [6.07, 6.45) is 3.36. The van der Waals surface area contributed by atoms with E-state index in [0.29, 0.717) is 51.4 Å². The van der Waals surface area contributed by atoms with Crippen LogP contribution in [0.15, 0.2) is 89.6 Å². The zero-order valence-corrected chi connectivity index (χ0v) is 19.5. The standard InChI is InChI=1S/C27H20ClN3O4/c1-33-25-14-19(4-8-24(25)34-16-17-2-5-20(28)6-3-17)26(32)30-21-7-9-23-22(15-21)31-27(35-23)18-10-12-29-13-11-18/h2-15H,16H2,1H3,(H,30,32). The molecule has 1 amide bonds. The van der Waals surface area contributed by atoms with E-state index in [2.05, 4.69) is 15.3 Å². The van der Waals surface area contributed by atoms with Crippen LogP contribution in [0.3, 0.4) is 0 Å². The van der Waals surface area contributed by atoms with Gasteiger partial charge in [-0.3, -0.25) is 9.78 Å². The first-order valence-corrected chi connectivity index (χ1v) is 11.1. The van der Waals surface area contributed by atoms with E-state index in [9.17, 15) is 4.79 Å². The largest absolute Gasteiger partial charge is 0.493 e. The van der Waals surface area contributed by atoms with E-state index in [1.807, 2.05) is 24.3 Å². The van der Waals surface area contributed by atoms with Crippen LogP contribution in [0.25, 0.3) is 22.6 Å². The highest BCUT2D eigenvalue weighted by molar-refractivity contribution is 6.30. The third kappa shape index (κ3) is 5.10. The summed E-state index contributed by atoms with van der Waals surface area (Å²) in [6.45, 7) is 0.346. The lowest BCUT2D eigenvalue weighted by molar-refractivity contribution is 0.102. The Bertz CT molecular complexity index is 1480. The molecule has 2 heterocycles. The van der Waals surface area contributed by atoms with E-state index in [1.54, 1.807) is 60.9 Å². The number of methoxy groups -OCH3 is 1. The average molecular weight is 486 g/mol. The first kappa shape index (κ1) is 22.4. The Kier molecular flexibility index (Phi) is 6.32. The van der Waals surface area contributed by atoms with E-state index < -0.39 is 0 Å². The molecule has 35 heavy (non-hydrogen) atoms. The molecule has 7 nitrogen and oxygen atoms in total. The van der Waals surface area contributed by atoms with Crippen LogP contribution in [-0.2, 0) is 6.61 Å². The highest BCUT2D eigenvalue weighted by Crippen LogP contribution is 2.30. The number of nitrogens with one attached hydrogen (secondary N) is 1. The van der Waals surface area contributed by atoms with Crippen molar-refractivity contribution < 1.29 is 18.7 Å². The molecule has 5 rings (SSSR count). The molecule has 0 saturated carbocycles.